The van der Waals surface area contributed by atoms with E-state index in [0.717, 1.165) is 15.9 Å². The molecule has 1 amide bonds. The molecule has 0 aliphatic carbocycles. The lowest BCUT2D eigenvalue weighted by molar-refractivity contribution is -0.121. The number of nitrogens with zero attached hydrogens (tertiary/aromatic N) is 2. The Balaban J connectivity index is 1.57. The number of nitrogens with one attached hydrogen (secondary N) is 2. The molecule has 2 aromatic heterocycles. The van der Waals surface area contributed by atoms with E-state index in [-0.39, 0.29) is 5.91 Å². The quantitative estimate of drug-likeness (QED) is 0.405. The Morgan fingerprint density at radius 1 is 1.28 bits per heavy atom. The molecule has 0 atom stereocenters. The van der Waals surface area contributed by atoms with Crippen LogP contribution in [-0.4, -0.2) is 29.0 Å². The van der Waals surface area contributed by atoms with Crippen LogP contribution in [0.4, 0.5) is 10.9 Å². The molecule has 0 saturated heterocycles. The van der Waals surface area contributed by atoms with Crippen LogP contribution >= 0.6 is 27.3 Å². The maximum absolute atomic E-state index is 11.2. The van der Waals surface area contributed by atoms with Gasteiger partial charge in [-0.2, -0.15) is 0 Å². The van der Waals surface area contributed by atoms with Crippen molar-refractivity contribution in [2.75, 3.05) is 18.5 Å². The second-order valence-corrected chi connectivity index (χ2v) is 7.71. The Morgan fingerprint density at radius 3 is 2.90 bits per heavy atom. The number of ether oxygens (including phenoxy) is 2. The molecular formula is C20H21BrN4O3S. The third kappa shape index (κ3) is 6.81. The van der Waals surface area contributed by atoms with Crippen molar-refractivity contribution in [2.24, 2.45) is 0 Å². The lowest BCUT2D eigenvalue weighted by Crippen LogP contribution is -2.26. The van der Waals surface area contributed by atoms with Gasteiger partial charge in [0.1, 0.15) is 5.75 Å². The maximum atomic E-state index is 11.2. The van der Waals surface area contributed by atoms with Crippen molar-refractivity contribution < 1.29 is 14.3 Å². The fourth-order valence-corrected chi connectivity index (χ4v) is 3.31. The van der Waals surface area contributed by atoms with Gasteiger partial charge in [0, 0.05) is 35.1 Å². The molecule has 0 bridgehead atoms. The van der Waals surface area contributed by atoms with Crippen molar-refractivity contribution >= 4 is 44.1 Å². The molecule has 0 fully saturated rings. The Kier molecular flexibility index (Phi) is 7.97. The zero-order chi connectivity index (χ0) is 20.5. The third-order valence-electron chi connectivity index (χ3n) is 3.71. The third-order valence-corrected chi connectivity index (χ3v) is 4.95. The van der Waals surface area contributed by atoms with Gasteiger partial charge in [0.2, 0.25) is 5.91 Å². The number of amides is 1. The second kappa shape index (κ2) is 10.9. The number of halogens is 1. The van der Waals surface area contributed by atoms with Gasteiger partial charge in [-0.1, -0.05) is 25.1 Å². The Morgan fingerprint density at radius 2 is 2.10 bits per heavy atom. The van der Waals surface area contributed by atoms with Crippen LogP contribution in [0, 0.1) is 0 Å². The first kappa shape index (κ1) is 21.2. The predicted molar refractivity (Wildman–Crippen MR) is 117 cm³/mol. The van der Waals surface area contributed by atoms with Gasteiger partial charge >= 0.3 is 0 Å². The summed E-state index contributed by atoms with van der Waals surface area (Å²) in [5.74, 6) is 1.90. The minimum absolute atomic E-state index is 0.0178. The van der Waals surface area contributed by atoms with E-state index < -0.39 is 0 Å². The van der Waals surface area contributed by atoms with E-state index in [4.69, 9.17) is 9.47 Å². The molecule has 2 N–H and O–H groups in total. The number of carbonyl (C=O) groups is 1. The number of rotatable bonds is 10. The largest absolute Gasteiger partial charge is 0.453 e. The molecule has 0 spiro atoms. The van der Waals surface area contributed by atoms with Gasteiger partial charge in [-0.05, 0) is 28.1 Å². The molecule has 3 rings (SSSR count). The summed E-state index contributed by atoms with van der Waals surface area (Å²) in [6, 6.07) is 11.4. The Hall–Kier alpha value is -2.49. The minimum Gasteiger partial charge on any atom is -0.453 e. The summed E-state index contributed by atoms with van der Waals surface area (Å²) in [5, 5.41) is 8.58. The fraction of sp³-hybridized carbons (Fsp3) is 0.250. The molecule has 2 heterocycles. The number of carbonyl (C=O) groups excluding carboxylic acids is 1. The summed E-state index contributed by atoms with van der Waals surface area (Å²) in [6.45, 7) is 3.12. The first-order chi connectivity index (χ1) is 14.1. The summed E-state index contributed by atoms with van der Waals surface area (Å²) < 4.78 is 12.3. The Bertz CT molecular complexity index is 936. The number of anilines is 2. The standard InChI is InChI=1S/C20H21BrN4O3S/c1-2-18(26)22-8-9-27-12-15-13-29-20(24-15)25-19-17(10-14(21)11-23-19)28-16-6-4-3-5-7-16/h3-7,10-11,13H,2,8-9,12H2,1H3,(H,22,26)(H,23,24,25). The van der Waals surface area contributed by atoms with Gasteiger partial charge in [-0.3, -0.25) is 4.79 Å². The van der Waals surface area contributed by atoms with E-state index in [1.54, 1.807) is 6.20 Å². The van der Waals surface area contributed by atoms with Gasteiger partial charge < -0.3 is 20.1 Å². The molecule has 0 aliphatic rings. The second-order valence-electron chi connectivity index (χ2n) is 5.94. The molecule has 0 aliphatic heterocycles. The van der Waals surface area contributed by atoms with Crippen LogP contribution in [0.15, 0.2) is 52.4 Å². The summed E-state index contributed by atoms with van der Waals surface area (Å²) >= 11 is 4.88. The fourth-order valence-electron chi connectivity index (χ4n) is 2.30. The van der Waals surface area contributed by atoms with E-state index in [1.807, 2.05) is 48.7 Å². The minimum atomic E-state index is 0.0178. The molecule has 29 heavy (non-hydrogen) atoms. The molecule has 0 unspecified atom stereocenters. The highest BCUT2D eigenvalue weighted by Gasteiger charge is 2.11. The van der Waals surface area contributed by atoms with Gasteiger partial charge in [0.15, 0.2) is 16.7 Å². The number of thiazole rings is 1. The first-order valence-corrected chi connectivity index (χ1v) is 10.8. The summed E-state index contributed by atoms with van der Waals surface area (Å²) in [7, 11) is 0. The van der Waals surface area contributed by atoms with Crippen molar-refractivity contribution in [2.45, 2.75) is 20.0 Å². The maximum Gasteiger partial charge on any atom is 0.219 e. The van der Waals surface area contributed by atoms with Crippen LogP contribution in [0.25, 0.3) is 0 Å². The van der Waals surface area contributed by atoms with E-state index in [2.05, 4.69) is 36.5 Å². The zero-order valence-electron chi connectivity index (χ0n) is 15.9. The van der Waals surface area contributed by atoms with E-state index in [9.17, 15) is 4.79 Å². The lowest BCUT2D eigenvalue weighted by atomic mass is 10.3. The van der Waals surface area contributed by atoms with E-state index in [1.165, 1.54) is 11.3 Å². The highest BCUT2D eigenvalue weighted by atomic mass is 79.9. The summed E-state index contributed by atoms with van der Waals surface area (Å²) in [4.78, 5) is 20.1. The van der Waals surface area contributed by atoms with Crippen molar-refractivity contribution in [3.63, 3.8) is 0 Å². The van der Waals surface area contributed by atoms with Crippen molar-refractivity contribution in [1.29, 1.82) is 0 Å². The molecule has 9 heteroatoms. The number of hydrogen-bond donors (Lipinski definition) is 2. The molecule has 0 radical (unpaired) electrons. The van der Waals surface area contributed by atoms with Gasteiger partial charge in [-0.25, -0.2) is 9.97 Å². The van der Waals surface area contributed by atoms with Crippen molar-refractivity contribution in [3.05, 3.63) is 58.1 Å². The van der Waals surface area contributed by atoms with Crippen LogP contribution in [0.2, 0.25) is 0 Å². The number of benzene rings is 1. The van der Waals surface area contributed by atoms with Gasteiger partial charge in [0.25, 0.3) is 0 Å². The van der Waals surface area contributed by atoms with Crippen LogP contribution < -0.4 is 15.4 Å². The monoisotopic (exact) mass is 476 g/mol. The number of hydrogen-bond acceptors (Lipinski definition) is 7. The molecule has 1 aromatic carbocycles. The topological polar surface area (TPSA) is 85.4 Å². The molecule has 7 nitrogen and oxygen atoms in total. The van der Waals surface area contributed by atoms with Crippen LogP contribution in [0.3, 0.4) is 0 Å². The summed E-state index contributed by atoms with van der Waals surface area (Å²) in [5.41, 5.74) is 0.807. The normalized spacial score (nSPS) is 10.6. The Labute approximate surface area is 181 Å². The molecular weight excluding hydrogens is 456 g/mol. The lowest BCUT2D eigenvalue weighted by Gasteiger charge is -2.11. The first-order valence-electron chi connectivity index (χ1n) is 9.08. The van der Waals surface area contributed by atoms with E-state index in [0.29, 0.717) is 42.9 Å². The molecule has 0 saturated carbocycles. The molecule has 3 aromatic rings. The van der Waals surface area contributed by atoms with Gasteiger partial charge in [0.05, 0.1) is 18.9 Å². The van der Waals surface area contributed by atoms with E-state index >= 15 is 0 Å². The average molecular weight is 477 g/mol. The zero-order valence-corrected chi connectivity index (χ0v) is 18.3. The highest BCUT2D eigenvalue weighted by molar-refractivity contribution is 9.10. The number of para-hydroxylation sites is 1. The number of pyridine rings is 1. The average Bonchev–Trinajstić information content (AvgIpc) is 3.17. The smallest absolute Gasteiger partial charge is 0.219 e. The van der Waals surface area contributed by atoms with Crippen LogP contribution in [-0.2, 0) is 16.1 Å². The van der Waals surface area contributed by atoms with Crippen LogP contribution in [0.1, 0.15) is 19.0 Å². The number of aromatic nitrogens is 2. The van der Waals surface area contributed by atoms with Crippen molar-refractivity contribution in [3.8, 4) is 11.5 Å². The van der Waals surface area contributed by atoms with Gasteiger partial charge in [-0.15, -0.1) is 11.3 Å². The van der Waals surface area contributed by atoms with Crippen LogP contribution in [0.5, 0.6) is 11.5 Å². The predicted octanol–water partition coefficient (Wildman–Crippen LogP) is 4.88. The SMILES string of the molecule is CCC(=O)NCCOCc1csc(Nc2ncc(Br)cc2Oc2ccccc2)n1. The summed E-state index contributed by atoms with van der Waals surface area (Å²) in [6.07, 6.45) is 2.17. The van der Waals surface area contributed by atoms with Crippen molar-refractivity contribution in [1.82, 2.24) is 15.3 Å². The molecule has 152 valence electrons. The highest BCUT2D eigenvalue weighted by Crippen LogP contribution is 2.33.